The average Bonchev–Trinajstić information content (AvgIpc) is 3.00. The number of alkyl carbamates (subject to hydrolysis) is 1. The van der Waals surface area contributed by atoms with Crippen LogP contribution in [-0.4, -0.2) is 43.4 Å². The van der Waals surface area contributed by atoms with Gasteiger partial charge >= 0.3 is 12.1 Å². The Balaban J connectivity index is 1.45. The van der Waals surface area contributed by atoms with E-state index in [1.807, 2.05) is 0 Å². The highest BCUT2D eigenvalue weighted by Crippen LogP contribution is 2.32. The lowest BCUT2D eigenvalue weighted by Crippen LogP contribution is -2.32. The zero-order valence-electron chi connectivity index (χ0n) is 18.9. The number of hydrogen-bond donors (Lipinski definition) is 2. The normalized spacial score (nSPS) is 12.8. The molecule has 3 rings (SSSR count). The number of carbonyl (C=O) groups excluding carboxylic acids is 3. The number of amides is 2. The van der Waals surface area contributed by atoms with E-state index in [1.54, 1.807) is 63.2 Å². The van der Waals surface area contributed by atoms with Gasteiger partial charge in [-0.25, -0.2) is 9.59 Å². The molecule has 1 aliphatic rings. The Morgan fingerprint density at radius 1 is 0.970 bits per heavy atom. The summed E-state index contributed by atoms with van der Waals surface area (Å²) in [4.78, 5) is 36.1. The van der Waals surface area contributed by atoms with Crippen molar-refractivity contribution in [2.45, 2.75) is 39.3 Å². The van der Waals surface area contributed by atoms with Crippen molar-refractivity contribution in [3.8, 4) is 11.5 Å². The first-order chi connectivity index (χ1) is 15.7. The van der Waals surface area contributed by atoms with Gasteiger partial charge in [0.05, 0.1) is 18.8 Å². The summed E-state index contributed by atoms with van der Waals surface area (Å²) in [7, 11) is 0. The molecule has 0 aromatic heterocycles. The number of fused-ring (bicyclic) bond motifs is 1. The highest BCUT2D eigenvalue weighted by atomic mass is 16.6. The van der Waals surface area contributed by atoms with Crippen molar-refractivity contribution in [1.82, 2.24) is 5.32 Å². The number of hydrogen-bond acceptors (Lipinski definition) is 7. The fourth-order valence-electron chi connectivity index (χ4n) is 2.90. The Bertz CT molecular complexity index is 997. The number of rotatable bonds is 6. The summed E-state index contributed by atoms with van der Waals surface area (Å²) in [6.07, 6.45) is 0.263. The summed E-state index contributed by atoms with van der Waals surface area (Å²) in [6.45, 7) is 6.28. The fourth-order valence-corrected chi connectivity index (χ4v) is 2.90. The van der Waals surface area contributed by atoms with E-state index >= 15 is 0 Å². The Kier molecular flexibility index (Phi) is 7.76. The molecule has 0 bridgehead atoms. The van der Waals surface area contributed by atoms with Gasteiger partial charge in [0.25, 0.3) is 5.91 Å². The molecule has 9 heteroatoms. The third-order valence-electron chi connectivity index (χ3n) is 4.39. The molecular weight excluding hydrogens is 428 g/mol. The third-order valence-corrected chi connectivity index (χ3v) is 4.39. The maximum absolute atomic E-state index is 12.2. The summed E-state index contributed by atoms with van der Waals surface area (Å²) in [5.41, 5.74) is 1.01. The van der Waals surface area contributed by atoms with Crippen molar-refractivity contribution in [2.75, 3.05) is 25.1 Å². The van der Waals surface area contributed by atoms with E-state index in [0.717, 1.165) is 12.0 Å². The second-order valence-corrected chi connectivity index (χ2v) is 8.39. The first-order valence-corrected chi connectivity index (χ1v) is 10.6. The molecule has 0 fully saturated rings. The Morgan fingerprint density at radius 3 is 2.36 bits per heavy atom. The van der Waals surface area contributed by atoms with Crippen LogP contribution in [0.5, 0.6) is 11.5 Å². The van der Waals surface area contributed by atoms with Gasteiger partial charge in [0.2, 0.25) is 0 Å². The van der Waals surface area contributed by atoms with Gasteiger partial charge in [-0.3, -0.25) is 4.79 Å². The van der Waals surface area contributed by atoms with Gasteiger partial charge in [0, 0.05) is 24.7 Å². The second-order valence-electron chi connectivity index (χ2n) is 8.39. The Hall–Kier alpha value is -3.75. The van der Waals surface area contributed by atoms with Crippen LogP contribution in [0.2, 0.25) is 0 Å². The first kappa shape index (κ1) is 23.9. The van der Waals surface area contributed by atoms with Gasteiger partial charge in [-0.2, -0.15) is 0 Å². The number of benzene rings is 2. The summed E-state index contributed by atoms with van der Waals surface area (Å²) >= 11 is 0. The molecule has 0 aliphatic carbocycles. The van der Waals surface area contributed by atoms with Crippen LogP contribution in [0.25, 0.3) is 0 Å². The lowest BCUT2D eigenvalue weighted by molar-refractivity contribution is -0.119. The van der Waals surface area contributed by atoms with Gasteiger partial charge in [-0.1, -0.05) is 12.1 Å². The van der Waals surface area contributed by atoms with E-state index < -0.39 is 30.2 Å². The molecule has 1 aliphatic heterocycles. The van der Waals surface area contributed by atoms with Crippen molar-refractivity contribution >= 4 is 23.7 Å². The Labute approximate surface area is 192 Å². The van der Waals surface area contributed by atoms with Crippen molar-refractivity contribution in [2.24, 2.45) is 0 Å². The van der Waals surface area contributed by atoms with Gasteiger partial charge in [-0.15, -0.1) is 0 Å². The smallest absolute Gasteiger partial charge is 0.407 e. The number of ether oxygens (including phenoxy) is 4. The van der Waals surface area contributed by atoms with E-state index in [-0.39, 0.29) is 6.54 Å². The van der Waals surface area contributed by atoms with Crippen molar-refractivity contribution in [3.63, 3.8) is 0 Å². The average molecular weight is 456 g/mol. The number of esters is 1. The van der Waals surface area contributed by atoms with E-state index in [1.165, 1.54) is 0 Å². The van der Waals surface area contributed by atoms with Crippen LogP contribution in [0.1, 0.15) is 43.1 Å². The van der Waals surface area contributed by atoms with Gasteiger partial charge in [0.15, 0.2) is 18.1 Å². The van der Waals surface area contributed by atoms with Gasteiger partial charge < -0.3 is 29.6 Å². The first-order valence-electron chi connectivity index (χ1n) is 10.6. The molecule has 2 amide bonds. The largest absolute Gasteiger partial charge is 0.490 e. The second kappa shape index (κ2) is 10.7. The zero-order chi connectivity index (χ0) is 23.8. The summed E-state index contributed by atoms with van der Waals surface area (Å²) in [5.74, 6) is 0.0803. The van der Waals surface area contributed by atoms with Crippen LogP contribution >= 0.6 is 0 Å². The predicted octanol–water partition coefficient (Wildman–Crippen LogP) is 3.67. The van der Waals surface area contributed by atoms with Crippen LogP contribution in [-0.2, 0) is 20.8 Å². The standard InChI is InChI=1S/C24H28N2O7/c1-24(2,3)33-23(29)25-14-16-5-7-17(8-6-16)22(28)32-15-21(27)26-18-9-10-19-20(13-18)31-12-4-11-30-19/h5-10,13H,4,11-12,14-15H2,1-3H3,(H,25,29)(H,26,27). The fraction of sp³-hybridized carbons (Fsp3) is 0.375. The molecule has 176 valence electrons. The molecule has 0 saturated carbocycles. The van der Waals surface area contributed by atoms with E-state index in [2.05, 4.69) is 10.6 Å². The molecule has 2 aromatic rings. The predicted molar refractivity (Wildman–Crippen MR) is 120 cm³/mol. The molecule has 2 N–H and O–H groups in total. The number of carbonyl (C=O) groups is 3. The molecule has 0 unspecified atom stereocenters. The molecule has 9 nitrogen and oxygen atoms in total. The molecule has 0 radical (unpaired) electrons. The minimum Gasteiger partial charge on any atom is -0.490 e. The summed E-state index contributed by atoms with van der Waals surface area (Å²) < 4.78 is 21.4. The minimum atomic E-state index is -0.629. The molecule has 1 heterocycles. The number of nitrogens with one attached hydrogen (secondary N) is 2. The minimum absolute atomic E-state index is 0.252. The summed E-state index contributed by atoms with van der Waals surface area (Å²) in [5, 5.41) is 5.31. The van der Waals surface area contributed by atoms with Crippen LogP contribution in [0, 0.1) is 0 Å². The summed E-state index contributed by atoms with van der Waals surface area (Å²) in [6, 6.07) is 11.6. The van der Waals surface area contributed by atoms with Crippen LogP contribution in [0.15, 0.2) is 42.5 Å². The maximum Gasteiger partial charge on any atom is 0.407 e. The molecule has 33 heavy (non-hydrogen) atoms. The van der Waals surface area contributed by atoms with Gasteiger partial charge in [-0.05, 0) is 50.6 Å². The van der Waals surface area contributed by atoms with Crippen LogP contribution < -0.4 is 20.1 Å². The van der Waals surface area contributed by atoms with Crippen molar-refractivity contribution in [3.05, 3.63) is 53.6 Å². The highest BCUT2D eigenvalue weighted by molar-refractivity contribution is 5.95. The van der Waals surface area contributed by atoms with E-state index in [0.29, 0.717) is 36.0 Å². The molecule has 0 spiro atoms. The SMILES string of the molecule is CC(C)(C)OC(=O)NCc1ccc(C(=O)OCC(=O)Nc2ccc3c(c2)OCCCO3)cc1. The zero-order valence-corrected chi connectivity index (χ0v) is 18.9. The molecule has 0 saturated heterocycles. The Morgan fingerprint density at radius 2 is 1.67 bits per heavy atom. The molecular formula is C24H28N2O7. The van der Waals surface area contributed by atoms with Crippen LogP contribution in [0.4, 0.5) is 10.5 Å². The third kappa shape index (κ3) is 7.71. The quantitative estimate of drug-likeness (QED) is 0.638. The molecule has 2 aromatic carbocycles. The highest BCUT2D eigenvalue weighted by Gasteiger charge is 2.16. The van der Waals surface area contributed by atoms with E-state index in [9.17, 15) is 14.4 Å². The van der Waals surface area contributed by atoms with E-state index in [4.69, 9.17) is 18.9 Å². The van der Waals surface area contributed by atoms with Crippen molar-refractivity contribution < 1.29 is 33.3 Å². The van der Waals surface area contributed by atoms with Gasteiger partial charge in [0.1, 0.15) is 5.60 Å². The van der Waals surface area contributed by atoms with Crippen LogP contribution in [0.3, 0.4) is 0 Å². The maximum atomic E-state index is 12.2. The lowest BCUT2D eigenvalue weighted by Gasteiger charge is -2.19. The molecule has 0 atom stereocenters. The van der Waals surface area contributed by atoms with Crippen molar-refractivity contribution in [1.29, 1.82) is 0 Å². The lowest BCUT2D eigenvalue weighted by atomic mass is 10.1. The number of anilines is 1. The topological polar surface area (TPSA) is 112 Å². The monoisotopic (exact) mass is 456 g/mol.